The van der Waals surface area contributed by atoms with E-state index in [1.165, 1.54) is 16.7 Å². The number of aryl methyl sites for hydroxylation is 1. The Morgan fingerprint density at radius 1 is 1.05 bits per heavy atom. The highest BCUT2D eigenvalue weighted by atomic mass is 35.5. The third-order valence-corrected chi connectivity index (χ3v) is 4.94. The maximum absolute atomic E-state index is 6.17. The molecule has 20 heavy (non-hydrogen) atoms. The molecule has 3 rings (SSSR count). The number of nitrogens with one attached hydrogen (secondary N) is 1. The van der Waals surface area contributed by atoms with E-state index in [1.807, 2.05) is 19.2 Å². The van der Waals surface area contributed by atoms with E-state index in [1.54, 1.807) is 0 Å². The van der Waals surface area contributed by atoms with Gasteiger partial charge in [0, 0.05) is 12.0 Å². The van der Waals surface area contributed by atoms with Gasteiger partial charge in [-0.25, -0.2) is 0 Å². The fraction of sp³-hybridized carbons (Fsp3) is 0.294. The molecule has 0 heterocycles. The van der Waals surface area contributed by atoms with Gasteiger partial charge in [-0.05, 0) is 48.7 Å². The van der Waals surface area contributed by atoms with Crippen LogP contribution < -0.4 is 5.32 Å². The number of hydrogen-bond donors (Lipinski definition) is 1. The molecule has 0 radical (unpaired) electrons. The quantitative estimate of drug-likeness (QED) is 0.824. The number of likely N-dealkylation sites (N-methyl/N-ethyl adjacent to an activating group) is 1. The van der Waals surface area contributed by atoms with Crippen molar-refractivity contribution in [3.05, 3.63) is 69.2 Å². The molecule has 0 unspecified atom stereocenters. The highest BCUT2D eigenvalue weighted by Crippen LogP contribution is 2.41. The van der Waals surface area contributed by atoms with Crippen LogP contribution in [0.25, 0.3) is 0 Å². The first-order valence-corrected chi connectivity index (χ1v) is 7.66. The molecule has 0 spiro atoms. The normalized spacial score (nSPS) is 21.6. The zero-order valence-corrected chi connectivity index (χ0v) is 12.9. The summed E-state index contributed by atoms with van der Waals surface area (Å²) in [4.78, 5) is 0. The second kappa shape index (κ2) is 5.77. The fourth-order valence-electron chi connectivity index (χ4n) is 3.22. The molecule has 2 atom stereocenters. The van der Waals surface area contributed by atoms with E-state index in [4.69, 9.17) is 23.2 Å². The first-order valence-electron chi connectivity index (χ1n) is 6.90. The van der Waals surface area contributed by atoms with Crippen molar-refractivity contribution in [2.75, 3.05) is 7.05 Å². The Bertz CT molecular complexity index is 624. The van der Waals surface area contributed by atoms with Gasteiger partial charge in [0.2, 0.25) is 0 Å². The number of hydrogen-bond acceptors (Lipinski definition) is 1. The third kappa shape index (κ3) is 2.46. The van der Waals surface area contributed by atoms with Crippen LogP contribution >= 0.6 is 23.2 Å². The van der Waals surface area contributed by atoms with Crippen molar-refractivity contribution < 1.29 is 0 Å². The zero-order chi connectivity index (χ0) is 14.1. The number of fused-ring (bicyclic) bond motifs is 1. The van der Waals surface area contributed by atoms with Crippen LogP contribution in [0, 0.1) is 0 Å². The maximum atomic E-state index is 6.17. The minimum absolute atomic E-state index is 0.331. The monoisotopic (exact) mass is 305 g/mol. The molecular formula is C17H17Cl2N. The topological polar surface area (TPSA) is 12.0 Å². The fourth-order valence-corrected chi connectivity index (χ4v) is 3.53. The maximum Gasteiger partial charge on any atom is 0.0595 e. The number of halogens is 2. The average molecular weight is 306 g/mol. The summed E-state index contributed by atoms with van der Waals surface area (Å²) in [5.74, 6) is 0.435. The van der Waals surface area contributed by atoms with E-state index in [-0.39, 0.29) is 0 Å². The van der Waals surface area contributed by atoms with Crippen LogP contribution in [0.1, 0.15) is 35.1 Å². The number of benzene rings is 2. The molecule has 0 bridgehead atoms. The molecule has 1 nitrogen and oxygen atoms in total. The van der Waals surface area contributed by atoms with Crippen LogP contribution in [-0.2, 0) is 6.42 Å². The summed E-state index contributed by atoms with van der Waals surface area (Å²) < 4.78 is 0. The molecule has 0 saturated heterocycles. The molecule has 104 valence electrons. The molecule has 0 aliphatic heterocycles. The Morgan fingerprint density at radius 3 is 2.60 bits per heavy atom. The first-order chi connectivity index (χ1) is 9.70. The highest BCUT2D eigenvalue weighted by molar-refractivity contribution is 6.42. The lowest BCUT2D eigenvalue weighted by Gasteiger charge is -2.34. The summed E-state index contributed by atoms with van der Waals surface area (Å²) in [5, 5.41) is 4.72. The molecule has 1 N–H and O–H groups in total. The van der Waals surface area contributed by atoms with Gasteiger partial charge >= 0.3 is 0 Å². The predicted molar refractivity (Wildman–Crippen MR) is 85.8 cm³/mol. The summed E-state index contributed by atoms with van der Waals surface area (Å²) in [5.41, 5.74) is 4.11. The van der Waals surface area contributed by atoms with Gasteiger partial charge in [-0.1, -0.05) is 53.5 Å². The molecular weight excluding hydrogens is 289 g/mol. The van der Waals surface area contributed by atoms with E-state index in [2.05, 4.69) is 35.6 Å². The van der Waals surface area contributed by atoms with Crippen LogP contribution in [-0.4, -0.2) is 7.05 Å². The van der Waals surface area contributed by atoms with E-state index in [0.717, 1.165) is 12.8 Å². The van der Waals surface area contributed by atoms with Crippen LogP contribution in [0.2, 0.25) is 10.0 Å². The largest absolute Gasteiger partial charge is 0.312 e. The molecule has 2 aromatic carbocycles. The molecule has 0 amide bonds. The second-order valence-corrected chi connectivity index (χ2v) is 6.10. The summed E-state index contributed by atoms with van der Waals surface area (Å²) in [7, 11) is 2.03. The van der Waals surface area contributed by atoms with Crippen LogP contribution in [0.15, 0.2) is 42.5 Å². The second-order valence-electron chi connectivity index (χ2n) is 5.28. The summed E-state index contributed by atoms with van der Waals surface area (Å²) in [6.45, 7) is 0. The van der Waals surface area contributed by atoms with Crippen LogP contribution in [0.5, 0.6) is 0 Å². The molecule has 0 fully saturated rings. The Morgan fingerprint density at radius 2 is 1.85 bits per heavy atom. The Hall–Kier alpha value is -1.02. The van der Waals surface area contributed by atoms with E-state index in [9.17, 15) is 0 Å². The SMILES string of the molecule is CN[C@@H]1c2ccccc2CC[C@@H]1c1ccc(Cl)c(Cl)c1. The summed E-state index contributed by atoms with van der Waals surface area (Å²) >= 11 is 12.2. The molecule has 1 aliphatic rings. The standard InChI is InChI=1S/C17H17Cl2N/c1-20-17-13-5-3-2-4-11(13)6-8-14(17)12-7-9-15(18)16(19)10-12/h2-5,7,9-10,14,17,20H,6,8H2,1H3/t14-,17-/m1/s1. The van der Waals surface area contributed by atoms with Crippen molar-refractivity contribution in [2.24, 2.45) is 0 Å². The highest BCUT2D eigenvalue weighted by Gasteiger charge is 2.29. The number of rotatable bonds is 2. The van der Waals surface area contributed by atoms with Gasteiger partial charge in [0.05, 0.1) is 10.0 Å². The van der Waals surface area contributed by atoms with Gasteiger partial charge in [-0.3, -0.25) is 0 Å². The molecule has 0 saturated carbocycles. The van der Waals surface area contributed by atoms with Gasteiger partial charge in [0.15, 0.2) is 0 Å². The zero-order valence-electron chi connectivity index (χ0n) is 11.4. The minimum Gasteiger partial charge on any atom is -0.312 e. The van der Waals surface area contributed by atoms with Gasteiger partial charge in [0.1, 0.15) is 0 Å². The molecule has 3 heteroatoms. The third-order valence-electron chi connectivity index (χ3n) is 4.20. The summed E-state index contributed by atoms with van der Waals surface area (Å²) in [6.07, 6.45) is 2.24. The van der Waals surface area contributed by atoms with Crippen LogP contribution in [0.4, 0.5) is 0 Å². The van der Waals surface area contributed by atoms with E-state index >= 15 is 0 Å². The lowest BCUT2D eigenvalue weighted by molar-refractivity contribution is 0.428. The van der Waals surface area contributed by atoms with Gasteiger partial charge in [-0.2, -0.15) is 0 Å². The van der Waals surface area contributed by atoms with Crippen LogP contribution in [0.3, 0.4) is 0 Å². The first kappa shape index (κ1) is 13.9. The van der Waals surface area contributed by atoms with Crippen molar-refractivity contribution in [3.8, 4) is 0 Å². The average Bonchev–Trinajstić information content (AvgIpc) is 2.49. The van der Waals surface area contributed by atoms with Gasteiger partial charge in [-0.15, -0.1) is 0 Å². The van der Waals surface area contributed by atoms with Crippen molar-refractivity contribution in [1.29, 1.82) is 0 Å². The summed E-state index contributed by atoms with van der Waals surface area (Å²) in [6, 6.07) is 15.0. The lowest BCUT2D eigenvalue weighted by atomic mass is 9.76. The molecule has 1 aliphatic carbocycles. The van der Waals surface area contributed by atoms with Gasteiger partial charge in [0.25, 0.3) is 0 Å². The van der Waals surface area contributed by atoms with Gasteiger partial charge < -0.3 is 5.32 Å². The van der Waals surface area contributed by atoms with Crippen molar-refractivity contribution >= 4 is 23.2 Å². The molecule has 2 aromatic rings. The van der Waals surface area contributed by atoms with Crippen molar-refractivity contribution in [1.82, 2.24) is 5.32 Å². The van der Waals surface area contributed by atoms with Crippen molar-refractivity contribution in [3.63, 3.8) is 0 Å². The smallest absolute Gasteiger partial charge is 0.0595 e. The Balaban J connectivity index is 2.00. The lowest BCUT2D eigenvalue weighted by Crippen LogP contribution is -2.28. The minimum atomic E-state index is 0.331. The van der Waals surface area contributed by atoms with E-state index in [0.29, 0.717) is 22.0 Å². The predicted octanol–water partition coefficient (Wildman–Crippen LogP) is 4.98. The van der Waals surface area contributed by atoms with E-state index < -0.39 is 0 Å². The Labute approximate surface area is 129 Å². The van der Waals surface area contributed by atoms with Crippen molar-refractivity contribution in [2.45, 2.75) is 24.8 Å². The molecule has 0 aromatic heterocycles. The Kier molecular flexibility index (Phi) is 4.02.